The van der Waals surface area contributed by atoms with Gasteiger partial charge in [-0.25, -0.2) is 4.79 Å². The molecule has 0 aromatic heterocycles. The number of aliphatic carboxylic acids is 1. The average Bonchev–Trinajstić information content (AvgIpc) is 2.53. The standard InChI is InChI=1S/C16H22N2O4/c1-17(2)12-8-9-18(14(10-12)16(20)21)15(19)11-4-6-13(22-3)7-5-11/h4-7,12,14H,8-10H2,1-3H3,(H,20,21)/t12-,14-/m0/s1. The van der Waals surface area contributed by atoms with Crippen LogP contribution in [0.3, 0.4) is 0 Å². The number of carbonyl (C=O) groups excluding carboxylic acids is 1. The van der Waals surface area contributed by atoms with Gasteiger partial charge >= 0.3 is 5.97 Å². The predicted molar refractivity (Wildman–Crippen MR) is 82.2 cm³/mol. The summed E-state index contributed by atoms with van der Waals surface area (Å²) in [6.07, 6.45) is 1.23. The van der Waals surface area contributed by atoms with Crippen molar-refractivity contribution in [3.63, 3.8) is 0 Å². The molecule has 2 rings (SSSR count). The van der Waals surface area contributed by atoms with E-state index in [9.17, 15) is 14.7 Å². The van der Waals surface area contributed by atoms with Crippen molar-refractivity contribution in [2.75, 3.05) is 27.7 Å². The molecule has 22 heavy (non-hydrogen) atoms. The van der Waals surface area contributed by atoms with Gasteiger partial charge in [-0.2, -0.15) is 0 Å². The van der Waals surface area contributed by atoms with E-state index >= 15 is 0 Å². The number of carboxylic acid groups (broad SMARTS) is 1. The van der Waals surface area contributed by atoms with Gasteiger partial charge in [0, 0.05) is 18.2 Å². The molecule has 0 spiro atoms. The largest absolute Gasteiger partial charge is 0.497 e. The Bertz CT molecular complexity index is 542. The van der Waals surface area contributed by atoms with Gasteiger partial charge in [0.2, 0.25) is 0 Å². The van der Waals surface area contributed by atoms with Crippen LogP contribution in [0.4, 0.5) is 0 Å². The summed E-state index contributed by atoms with van der Waals surface area (Å²) in [5, 5.41) is 9.45. The number of benzene rings is 1. The molecule has 0 unspecified atom stereocenters. The van der Waals surface area contributed by atoms with Crippen LogP contribution in [0.5, 0.6) is 5.75 Å². The van der Waals surface area contributed by atoms with Crippen LogP contribution >= 0.6 is 0 Å². The number of nitrogens with zero attached hydrogens (tertiary/aromatic N) is 2. The monoisotopic (exact) mass is 306 g/mol. The highest BCUT2D eigenvalue weighted by Crippen LogP contribution is 2.23. The Hall–Kier alpha value is -2.08. The Kier molecular flexibility index (Phi) is 5.03. The van der Waals surface area contributed by atoms with E-state index in [1.807, 2.05) is 19.0 Å². The van der Waals surface area contributed by atoms with Crippen LogP contribution in [0.15, 0.2) is 24.3 Å². The summed E-state index contributed by atoms with van der Waals surface area (Å²) >= 11 is 0. The van der Waals surface area contributed by atoms with E-state index in [4.69, 9.17) is 4.74 Å². The normalized spacial score (nSPS) is 21.7. The number of ether oxygens (including phenoxy) is 1. The summed E-state index contributed by atoms with van der Waals surface area (Å²) in [5.41, 5.74) is 0.482. The molecular formula is C16H22N2O4. The van der Waals surface area contributed by atoms with Gasteiger partial charge in [-0.3, -0.25) is 4.79 Å². The van der Waals surface area contributed by atoms with Crippen molar-refractivity contribution in [1.82, 2.24) is 9.80 Å². The SMILES string of the molecule is COc1ccc(C(=O)N2CC[C@H](N(C)C)C[C@H]2C(=O)O)cc1. The molecule has 0 aliphatic carbocycles. The second kappa shape index (κ2) is 6.79. The van der Waals surface area contributed by atoms with Crippen molar-refractivity contribution in [2.24, 2.45) is 0 Å². The zero-order chi connectivity index (χ0) is 16.3. The molecule has 120 valence electrons. The third-order valence-electron chi connectivity index (χ3n) is 4.19. The molecule has 1 fully saturated rings. The van der Waals surface area contributed by atoms with Crippen molar-refractivity contribution in [3.05, 3.63) is 29.8 Å². The lowest BCUT2D eigenvalue weighted by Crippen LogP contribution is -2.53. The van der Waals surface area contributed by atoms with Crippen molar-refractivity contribution < 1.29 is 19.4 Å². The highest BCUT2D eigenvalue weighted by molar-refractivity contribution is 5.96. The average molecular weight is 306 g/mol. The number of hydrogen-bond donors (Lipinski definition) is 1. The molecule has 1 saturated heterocycles. The maximum absolute atomic E-state index is 12.6. The lowest BCUT2D eigenvalue weighted by molar-refractivity contribution is -0.144. The van der Waals surface area contributed by atoms with Gasteiger partial charge in [0.25, 0.3) is 5.91 Å². The number of piperidine rings is 1. The molecule has 1 aliphatic heterocycles. The first-order valence-corrected chi connectivity index (χ1v) is 7.28. The quantitative estimate of drug-likeness (QED) is 0.908. The van der Waals surface area contributed by atoms with Crippen molar-refractivity contribution in [2.45, 2.75) is 24.9 Å². The molecule has 1 aromatic carbocycles. The molecule has 6 nitrogen and oxygen atoms in total. The summed E-state index contributed by atoms with van der Waals surface area (Å²) in [6.45, 7) is 0.449. The topological polar surface area (TPSA) is 70.1 Å². The van der Waals surface area contributed by atoms with Crippen LogP contribution in [-0.2, 0) is 4.79 Å². The zero-order valence-electron chi connectivity index (χ0n) is 13.2. The lowest BCUT2D eigenvalue weighted by Gasteiger charge is -2.39. The Labute approximate surface area is 130 Å². The minimum atomic E-state index is -0.951. The third-order valence-corrected chi connectivity index (χ3v) is 4.19. The molecule has 6 heteroatoms. The van der Waals surface area contributed by atoms with E-state index in [-0.39, 0.29) is 11.9 Å². The summed E-state index contributed by atoms with van der Waals surface area (Å²) in [5.74, 6) is -0.529. The summed E-state index contributed by atoms with van der Waals surface area (Å²) < 4.78 is 5.07. The summed E-state index contributed by atoms with van der Waals surface area (Å²) in [7, 11) is 5.43. The van der Waals surface area contributed by atoms with Gasteiger partial charge in [-0.15, -0.1) is 0 Å². The molecule has 1 aliphatic rings. The van der Waals surface area contributed by atoms with Crippen molar-refractivity contribution in [3.8, 4) is 5.75 Å². The molecule has 2 atom stereocenters. The predicted octanol–water partition coefficient (Wildman–Crippen LogP) is 1.31. The second-order valence-corrected chi connectivity index (χ2v) is 5.72. The van der Waals surface area contributed by atoms with Gasteiger partial charge in [0.1, 0.15) is 11.8 Å². The van der Waals surface area contributed by atoms with E-state index in [0.29, 0.717) is 24.3 Å². The molecule has 1 aromatic rings. The summed E-state index contributed by atoms with van der Waals surface area (Å²) in [4.78, 5) is 27.6. The maximum atomic E-state index is 12.6. The van der Waals surface area contributed by atoms with Crippen molar-refractivity contribution in [1.29, 1.82) is 0 Å². The molecule has 1 amide bonds. The van der Waals surface area contributed by atoms with E-state index in [2.05, 4.69) is 0 Å². The summed E-state index contributed by atoms with van der Waals surface area (Å²) in [6, 6.07) is 6.14. The number of carbonyl (C=O) groups is 2. The molecule has 0 bridgehead atoms. The van der Waals surface area contributed by atoms with Crippen LogP contribution in [0.1, 0.15) is 23.2 Å². The van der Waals surface area contributed by atoms with E-state index in [1.54, 1.807) is 31.4 Å². The van der Waals surface area contributed by atoms with Crippen LogP contribution in [0, 0.1) is 0 Å². The number of rotatable bonds is 4. The second-order valence-electron chi connectivity index (χ2n) is 5.72. The Morgan fingerprint density at radius 1 is 1.27 bits per heavy atom. The maximum Gasteiger partial charge on any atom is 0.326 e. The van der Waals surface area contributed by atoms with E-state index < -0.39 is 12.0 Å². The number of likely N-dealkylation sites (tertiary alicyclic amines) is 1. The Morgan fingerprint density at radius 2 is 1.91 bits per heavy atom. The lowest BCUT2D eigenvalue weighted by atomic mass is 9.95. The fourth-order valence-electron chi connectivity index (χ4n) is 2.79. The minimum Gasteiger partial charge on any atom is -0.497 e. The van der Waals surface area contributed by atoms with Crippen LogP contribution in [0.25, 0.3) is 0 Å². The smallest absolute Gasteiger partial charge is 0.326 e. The molecule has 0 saturated carbocycles. The van der Waals surface area contributed by atoms with Gasteiger partial charge in [-0.05, 0) is 51.2 Å². The van der Waals surface area contributed by atoms with Crippen LogP contribution < -0.4 is 4.74 Å². The fourth-order valence-corrected chi connectivity index (χ4v) is 2.79. The highest BCUT2D eigenvalue weighted by Gasteiger charge is 2.37. The van der Waals surface area contributed by atoms with Crippen LogP contribution in [-0.4, -0.2) is 66.6 Å². The minimum absolute atomic E-state index is 0.181. The Balaban J connectivity index is 2.18. The first-order chi connectivity index (χ1) is 10.4. The van der Waals surface area contributed by atoms with E-state index in [0.717, 1.165) is 6.42 Å². The number of carboxylic acids is 1. The first kappa shape index (κ1) is 16.3. The van der Waals surface area contributed by atoms with Gasteiger partial charge in [0.15, 0.2) is 0 Å². The molecule has 0 radical (unpaired) electrons. The number of methoxy groups -OCH3 is 1. The molecule has 1 heterocycles. The first-order valence-electron chi connectivity index (χ1n) is 7.28. The third kappa shape index (κ3) is 3.39. The van der Waals surface area contributed by atoms with Crippen molar-refractivity contribution >= 4 is 11.9 Å². The van der Waals surface area contributed by atoms with Gasteiger partial charge in [0.05, 0.1) is 7.11 Å². The highest BCUT2D eigenvalue weighted by atomic mass is 16.5. The zero-order valence-corrected chi connectivity index (χ0v) is 13.2. The van der Waals surface area contributed by atoms with Gasteiger partial charge < -0.3 is 19.6 Å². The van der Waals surface area contributed by atoms with E-state index in [1.165, 1.54) is 4.90 Å². The van der Waals surface area contributed by atoms with Crippen LogP contribution in [0.2, 0.25) is 0 Å². The Morgan fingerprint density at radius 3 is 2.41 bits per heavy atom. The fraction of sp³-hybridized carbons (Fsp3) is 0.500. The molecule has 1 N–H and O–H groups in total. The molecular weight excluding hydrogens is 284 g/mol. The number of amides is 1. The number of hydrogen-bond acceptors (Lipinski definition) is 4. The van der Waals surface area contributed by atoms with Gasteiger partial charge in [-0.1, -0.05) is 0 Å².